The highest BCUT2D eigenvalue weighted by Crippen LogP contribution is 2.60. The molecule has 6 rings (SSSR count). The molecule has 5 nitrogen and oxygen atoms in total. The Kier molecular flexibility index (Phi) is 4.69. The molecule has 28 heavy (non-hydrogen) atoms. The van der Waals surface area contributed by atoms with E-state index >= 15 is 0 Å². The molecule has 0 unspecified atom stereocenters. The zero-order chi connectivity index (χ0) is 19.1. The van der Waals surface area contributed by atoms with Crippen LogP contribution in [0.3, 0.4) is 0 Å². The predicted octanol–water partition coefficient (Wildman–Crippen LogP) is 4.91. The summed E-state index contributed by atoms with van der Waals surface area (Å²) in [5, 5.41) is 9.19. The fourth-order valence-electron chi connectivity index (χ4n) is 5.97. The Balaban J connectivity index is 1.23. The molecule has 1 aromatic heterocycles. The molecule has 148 valence electrons. The van der Waals surface area contributed by atoms with Crippen LogP contribution in [0, 0.1) is 17.8 Å². The first kappa shape index (κ1) is 18.2. The molecule has 6 heteroatoms. The minimum atomic E-state index is 0.0580. The van der Waals surface area contributed by atoms with Gasteiger partial charge in [-0.25, -0.2) is 0 Å². The first-order valence-electron chi connectivity index (χ1n) is 10.4. The van der Waals surface area contributed by atoms with Crippen LogP contribution in [0.5, 0.6) is 5.75 Å². The van der Waals surface area contributed by atoms with E-state index in [0.29, 0.717) is 23.1 Å². The van der Waals surface area contributed by atoms with Crippen molar-refractivity contribution in [3.8, 4) is 5.75 Å². The number of ether oxygens (including phenoxy) is 1. The smallest absolute Gasteiger partial charge is 0.277 e. The lowest BCUT2D eigenvalue weighted by molar-refractivity contribution is -0.0191. The summed E-state index contributed by atoms with van der Waals surface area (Å²) in [7, 11) is 0. The maximum Gasteiger partial charge on any atom is 0.277 e. The molecule has 0 atom stereocenters. The van der Waals surface area contributed by atoms with Gasteiger partial charge in [0.2, 0.25) is 5.89 Å². The molecule has 0 aliphatic heterocycles. The van der Waals surface area contributed by atoms with Crippen LogP contribution in [0.4, 0.5) is 0 Å². The van der Waals surface area contributed by atoms with Crippen molar-refractivity contribution in [3.63, 3.8) is 0 Å². The van der Waals surface area contributed by atoms with Gasteiger partial charge < -0.3 is 9.15 Å². The van der Waals surface area contributed by atoms with E-state index in [2.05, 4.69) is 10.2 Å². The standard InChI is InChI=1S/C22H26N2O3S/c1-2-26-18-5-3-17(4-6-18)19(25)13-28-21-24-23-20(27-21)22-10-14-7-15(11-22)9-16(8-14)12-22/h3-6,14-16H,2,7-13H2,1H3. The Morgan fingerprint density at radius 2 is 1.75 bits per heavy atom. The average molecular weight is 399 g/mol. The predicted molar refractivity (Wildman–Crippen MR) is 107 cm³/mol. The highest BCUT2D eigenvalue weighted by molar-refractivity contribution is 7.99. The van der Waals surface area contributed by atoms with Crippen molar-refractivity contribution < 1.29 is 13.9 Å². The lowest BCUT2D eigenvalue weighted by Crippen LogP contribution is -2.48. The van der Waals surface area contributed by atoms with E-state index in [9.17, 15) is 4.79 Å². The number of hydrogen-bond acceptors (Lipinski definition) is 6. The number of benzene rings is 1. The van der Waals surface area contributed by atoms with Crippen LogP contribution in [0.25, 0.3) is 0 Å². The van der Waals surface area contributed by atoms with Crippen molar-refractivity contribution in [2.45, 2.75) is 56.1 Å². The number of rotatable bonds is 7. The molecule has 1 heterocycles. The number of ketones is 1. The van der Waals surface area contributed by atoms with Crippen molar-refractivity contribution >= 4 is 17.5 Å². The van der Waals surface area contributed by atoms with Crippen LogP contribution in [-0.2, 0) is 5.41 Å². The molecular weight excluding hydrogens is 372 g/mol. The van der Waals surface area contributed by atoms with Crippen LogP contribution < -0.4 is 4.74 Å². The van der Waals surface area contributed by atoms with E-state index < -0.39 is 0 Å². The second-order valence-corrected chi connectivity index (χ2v) is 9.67. The van der Waals surface area contributed by atoms with Gasteiger partial charge in [0.15, 0.2) is 5.78 Å². The van der Waals surface area contributed by atoms with Gasteiger partial charge in [-0.05, 0) is 87.5 Å². The second kappa shape index (κ2) is 7.21. The summed E-state index contributed by atoms with van der Waals surface area (Å²) in [6.07, 6.45) is 7.80. The summed E-state index contributed by atoms with van der Waals surface area (Å²) in [6, 6.07) is 7.28. The van der Waals surface area contributed by atoms with Crippen LogP contribution in [0.2, 0.25) is 0 Å². The summed E-state index contributed by atoms with van der Waals surface area (Å²) >= 11 is 1.34. The molecule has 4 aliphatic rings. The molecule has 0 saturated heterocycles. The number of Topliss-reactive ketones (excluding diaryl/α,β-unsaturated/α-hetero) is 1. The SMILES string of the molecule is CCOc1ccc(C(=O)CSc2nnc(C34CC5CC(CC(C5)C3)C4)o2)cc1. The van der Waals surface area contributed by atoms with E-state index in [1.54, 1.807) is 0 Å². The molecule has 4 aliphatic carbocycles. The lowest BCUT2D eigenvalue weighted by atomic mass is 9.49. The van der Waals surface area contributed by atoms with Crippen molar-refractivity contribution in [2.75, 3.05) is 12.4 Å². The van der Waals surface area contributed by atoms with Crippen LogP contribution in [0.15, 0.2) is 33.9 Å². The molecule has 4 bridgehead atoms. The number of carbonyl (C=O) groups excluding carboxylic acids is 1. The third-order valence-electron chi connectivity index (χ3n) is 6.71. The maximum atomic E-state index is 12.5. The van der Waals surface area contributed by atoms with Gasteiger partial charge in [-0.15, -0.1) is 10.2 Å². The van der Waals surface area contributed by atoms with E-state index in [1.165, 1.54) is 50.3 Å². The van der Waals surface area contributed by atoms with Crippen LogP contribution >= 0.6 is 11.8 Å². The zero-order valence-corrected chi connectivity index (χ0v) is 17.0. The molecule has 0 N–H and O–H groups in total. The van der Waals surface area contributed by atoms with E-state index in [1.807, 2.05) is 31.2 Å². The number of thioether (sulfide) groups is 1. The molecule has 1 aromatic carbocycles. The second-order valence-electron chi connectivity index (χ2n) is 8.74. The summed E-state index contributed by atoms with van der Waals surface area (Å²) < 4.78 is 11.5. The van der Waals surface area contributed by atoms with Gasteiger partial charge in [0.25, 0.3) is 5.22 Å². The van der Waals surface area contributed by atoms with Gasteiger partial charge in [0.1, 0.15) is 5.75 Å². The lowest BCUT2D eigenvalue weighted by Gasteiger charge is -2.55. The highest BCUT2D eigenvalue weighted by atomic mass is 32.2. The van der Waals surface area contributed by atoms with Gasteiger partial charge in [-0.3, -0.25) is 4.79 Å². The number of aromatic nitrogens is 2. The molecular formula is C22H26N2O3S. The zero-order valence-electron chi connectivity index (χ0n) is 16.2. The van der Waals surface area contributed by atoms with Gasteiger partial charge in [-0.2, -0.15) is 0 Å². The molecule has 2 aromatic rings. The Morgan fingerprint density at radius 1 is 1.11 bits per heavy atom. The quantitative estimate of drug-likeness (QED) is 0.488. The Bertz CT molecular complexity index is 826. The van der Waals surface area contributed by atoms with Crippen molar-refractivity contribution in [1.82, 2.24) is 10.2 Å². The van der Waals surface area contributed by atoms with Gasteiger partial charge in [0, 0.05) is 11.0 Å². The minimum Gasteiger partial charge on any atom is -0.494 e. The van der Waals surface area contributed by atoms with Crippen molar-refractivity contribution in [1.29, 1.82) is 0 Å². The third kappa shape index (κ3) is 3.36. The van der Waals surface area contributed by atoms with Crippen molar-refractivity contribution in [2.24, 2.45) is 17.8 Å². The van der Waals surface area contributed by atoms with Crippen LogP contribution in [0.1, 0.15) is 61.7 Å². The monoisotopic (exact) mass is 398 g/mol. The van der Waals surface area contributed by atoms with Crippen LogP contribution in [-0.4, -0.2) is 28.3 Å². The van der Waals surface area contributed by atoms with E-state index in [-0.39, 0.29) is 11.2 Å². The number of nitrogens with zero attached hydrogens (tertiary/aromatic N) is 2. The first-order valence-corrected chi connectivity index (χ1v) is 11.3. The largest absolute Gasteiger partial charge is 0.494 e. The van der Waals surface area contributed by atoms with Gasteiger partial charge in [0.05, 0.1) is 12.4 Å². The fourth-order valence-corrected chi connectivity index (χ4v) is 6.63. The Hall–Kier alpha value is -1.82. The fraction of sp³-hybridized carbons (Fsp3) is 0.591. The summed E-state index contributed by atoms with van der Waals surface area (Å²) in [4.78, 5) is 12.5. The molecule has 4 fully saturated rings. The summed E-state index contributed by atoms with van der Waals surface area (Å²) in [5.41, 5.74) is 0.788. The van der Waals surface area contributed by atoms with Crippen molar-refractivity contribution in [3.05, 3.63) is 35.7 Å². The highest BCUT2D eigenvalue weighted by Gasteiger charge is 2.54. The Labute approximate surface area is 169 Å². The summed E-state index contributed by atoms with van der Waals surface area (Å²) in [6.45, 7) is 2.56. The summed E-state index contributed by atoms with van der Waals surface area (Å²) in [5.74, 6) is 4.49. The number of carbonyl (C=O) groups is 1. The maximum absolute atomic E-state index is 12.5. The third-order valence-corrected chi connectivity index (χ3v) is 7.53. The van der Waals surface area contributed by atoms with E-state index in [0.717, 1.165) is 29.4 Å². The Morgan fingerprint density at radius 3 is 2.36 bits per heavy atom. The first-order chi connectivity index (χ1) is 13.6. The van der Waals surface area contributed by atoms with E-state index in [4.69, 9.17) is 9.15 Å². The molecule has 0 radical (unpaired) electrons. The molecule has 0 spiro atoms. The molecule has 4 saturated carbocycles. The average Bonchev–Trinajstić information content (AvgIpc) is 3.16. The van der Waals surface area contributed by atoms with Gasteiger partial charge in [-0.1, -0.05) is 11.8 Å². The minimum absolute atomic E-state index is 0.0580. The normalized spacial score (nSPS) is 30.5. The topological polar surface area (TPSA) is 65.2 Å². The van der Waals surface area contributed by atoms with Gasteiger partial charge >= 0.3 is 0 Å². The number of hydrogen-bond donors (Lipinski definition) is 0. The molecule has 0 amide bonds.